The molecule has 0 spiro atoms. The number of hydrogen-bond acceptors (Lipinski definition) is 5. The molecule has 102 valence electrons. The van der Waals surface area contributed by atoms with Crippen molar-refractivity contribution in [2.24, 2.45) is 5.41 Å². The Balaban J connectivity index is 1.91. The first-order valence-corrected chi connectivity index (χ1v) is 7.61. The lowest BCUT2D eigenvalue weighted by Gasteiger charge is -2.38. The van der Waals surface area contributed by atoms with E-state index in [0.717, 1.165) is 22.6 Å². The molecule has 5 heteroatoms. The summed E-state index contributed by atoms with van der Waals surface area (Å²) in [7, 11) is 1.86. The van der Waals surface area contributed by atoms with Crippen LogP contribution in [0.2, 0.25) is 0 Å². The van der Waals surface area contributed by atoms with Gasteiger partial charge in [0.05, 0.1) is 5.39 Å². The molecule has 0 aliphatic heterocycles. The van der Waals surface area contributed by atoms with E-state index in [2.05, 4.69) is 40.5 Å². The number of hydrogen-bond donors (Lipinski definition) is 2. The molecule has 0 aromatic carbocycles. The molecule has 1 aliphatic carbocycles. The van der Waals surface area contributed by atoms with Crippen molar-refractivity contribution < 1.29 is 0 Å². The lowest BCUT2D eigenvalue weighted by molar-refractivity contribution is 0.180. The van der Waals surface area contributed by atoms with E-state index in [9.17, 15) is 0 Å². The summed E-state index contributed by atoms with van der Waals surface area (Å²) < 4.78 is 0. The molecule has 4 nitrogen and oxygen atoms in total. The molecule has 0 atom stereocenters. The maximum Gasteiger partial charge on any atom is 0.225 e. The van der Waals surface area contributed by atoms with Crippen molar-refractivity contribution in [2.45, 2.75) is 33.1 Å². The number of aromatic nitrogens is 2. The fourth-order valence-electron chi connectivity index (χ4n) is 2.54. The van der Waals surface area contributed by atoms with Crippen molar-refractivity contribution in [3.05, 3.63) is 10.9 Å². The standard InChI is InChI=1S/C14H20N4S/c1-9-7-10-11(16-8-14(2)5-4-6-14)17-13(15-3)18-12(10)19-9/h7H,4-6,8H2,1-3H3,(H2,15,16,17,18). The van der Waals surface area contributed by atoms with Gasteiger partial charge < -0.3 is 10.6 Å². The van der Waals surface area contributed by atoms with E-state index in [0.29, 0.717) is 11.4 Å². The number of nitrogens with one attached hydrogen (secondary N) is 2. The van der Waals surface area contributed by atoms with E-state index in [1.165, 1.54) is 24.1 Å². The molecule has 1 aliphatic rings. The van der Waals surface area contributed by atoms with Gasteiger partial charge in [-0.25, -0.2) is 4.98 Å². The topological polar surface area (TPSA) is 49.8 Å². The molecule has 0 unspecified atom stereocenters. The second-order valence-corrected chi connectivity index (χ2v) is 6.97. The maximum absolute atomic E-state index is 4.57. The molecule has 1 fully saturated rings. The Labute approximate surface area is 117 Å². The van der Waals surface area contributed by atoms with Crippen molar-refractivity contribution in [1.29, 1.82) is 0 Å². The first-order valence-electron chi connectivity index (χ1n) is 6.79. The van der Waals surface area contributed by atoms with E-state index in [1.807, 2.05) is 7.05 Å². The molecule has 1 saturated carbocycles. The summed E-state index contributed by atoms with van der Waals surface area (Å²) in [6, 6.07) is 2.17. The summed E-state index contributed by atoms with van der Waals surface area (Å²) in [6.45, 7) is 5.46. The third kappa shape index (κ3) is 2.39. The molecule has 19 heavy (non-hydrogen) atoms. The van der Waals surface area contributed by atoms with Gasteiger partial charge in [0.15, 0.2) is 0 Å². The normalized spacial score (nSPS) is 17.2. The molecule has 2 N–H and O–H groups in total. The highest BCUT2D eigenvalue weighted by atomic mass is 32.1. The molecule has 2 heterocycles. The summed E-state index contributed by atoms with van der Waals surface area (Å²) in [4.78, 5) is 11.4. The van der Waals surface area contributed by atoms with E-state index in [4.69, 9.17) is 0 Å². The van der Waals surface area contributed by atoms with E-state index in [1.54, 1.807) is 11.3 Å². The Morgan fingerprint density at radius 2 is 2.16 bits per heavy atom. The van der Waals surface area contributed by atoms with Crippen LogP contribution in [-0.4, -0.2) is 23.6 Å². The highest BCUT2D eigenvalue weighted by Gasteiger charge is 2.31. The Morgan fingerprint density at radius 1 is 1.37 bits per heavy atom. The van der Waals surface area contributed by atoms with Gasteiger partial charge in [0.1, 0.15) is 10.6 Å². The average molecular weight is 276 g/mol. The number of rotatable bonds is 4. The van der Waals surface area contributed by atoms with Gasteiger partial charge >= 0.3 is 0 Å². The summed E-state index contributed by atoms with van der Waals surface area (Å²) in [6.07, 6.45) is 3.99. The molecule has 2 aromatic rings. The Hall–Kier alpha value is -1.36. The summed E-state index contributed by atoms with van der Waals surface area (Å²) in [5.74, 6) is 1.66. The monoisotopic (exact) mass is 276 g/mol. The lowest BCUT2D eigenvalue weighted by atomic mass is 9.70. The van der Waals surface area contributed by atoms with Gasteiger partial charge in [-0.1, -0.05) is 13.3 Å². The first kappa shape index (κ1) is 12.7. The van der Waals surface area contributed by atoms with Crippen molar-refractivity contribution >= 4 is 33.3 Å². The van der Waals surface area contributed by atoms with E-state index in [-0.39, 0.29) is 0 Å². The molecule has 0 amide bonds. The maximum atomic E-state index is 4.57. The Bertz CT molecular complexity index is 601. The van der Waals surface area contributed by atoms with Crippen LogP contribution in [0.4, 0.5) is 11.8 Å². The number of aryl methyl sites for hydroxylation is 1. The van der Waals surface area contributed by atoms with Crippen LogP contribution in [0.25, 0.3) is 10.2 Å². The summed E-state index contributed by atoms with van der Waals surface area (Å²) in [5.41, 5.74) is 0.447. The molecule has 0 saturated heterocycles. The van der Waals surface area contributed by atoms with E-state index < -0.39 is 0 Å². The molecular formula is C14H20N4S. The van der Waals surface area contributed by atoms with Crippen LogP contribution in [0.5, 0.6) is 0 Å². The number of nitrogens with zero attached hydrogens (tertiary/aromatic N) is 2. The van der Waals surface area contributed by atoms with Gasteiger partial charge in [-0.05, 0) is 31.2 Å². The van der Waals surface area contributed by atoms with Gasteiger partial charge in [0, 0.05) is 18.5 Å². The minimum absolute atomic E-state index is 0.447. The third-order valence-electron chi connectivity index (χ3n) is 3.98. The van der Waals surface area contributed by atoms with Crippen molar-refractivity contribution in [2.75, 3.05) is 24.2 Å². The highest BCUT2D eigenvalue weighted by molar-refractivity contribution is 7.18. The highest BCUT2D eigenvalue weighted by Crippen LogP contribution is 2.40. The minimum Gasteiger partial charge on any atom is -0.369 e. The predicted molar refractivity (Wildman–Crippen MR) is 82.1 cm³/mol. The number of anilines is 2. The van der Waals surface area contributed by atoms with Gasteiger partial charge in [0.25, 0.3) is 0 Å². The second kappa shape index (κ2) is 4.63. The van der Waals surface area contributed by atoms with Crippen LogP contribution < -0.4 is 10.6 Å². The van der Waals surface area contributed by atoms with Gasteiger partial charge in [-0.15, -0.1) is 11.3 Å². The number of thiophene rings is 1. The van der Waals surface area contributed by atoms with Crippen molar-refractivity contribution in [1.82, 2.24) is 9.97 Å². The van der Waals surface area contributed by atoms with Crippen LogP contribution in [0, 0.1) is 12.3 Å². The molecular weight excluding hydrogens is 256 g/mol. The van der Waals surface area contributed by atoms with Crippen LogP contribution >= 0.6 is 11.3 Å². The summed E-state index contributed by atoms with van der Waals surface area (Å²) >= 11 is 1.72. The molecule has 3 rings (SSSR count). The largest absolute Gasteiger partial charge is 0.369 e. The zero-order chi connectivity index (χ0) is 13.5. The van der Waals surface area contributed by atoms with Gasteiger partial charge in [-0.3, -0.25) is 0 Å². The minimum atomic E-state index is 0.447. The second-order valence-electron chi connectivity index (χ2n) is 5.74. The van der Waals surface area contributed by atoms with Crippen LogP contribution in [0.15, 0.2) is 6.07 Å². The first-order chi connectivity index (χ1) is 9.09. The third-order valence-corrected chi connectivity index (χ3v) is 4.93. The van der Waals surface area contributed by atoms with Crippen molar-refractivity contribution in [3.63, 3.8) is 0 Å². The van der Waals surface area contributed by atoms with Crippen molar-refractivity contribution in [3.8, 4) is 0 Å². The fraction of sp³-hybridized carbons (Fsp3) is 0.571. The average Bonchev–Trinajstić information content (AvgIpc) is 2.73. The zero-order valence-corrected chi connectivity index (χ0v) is 12.5. The van der Waals surface area contributed by atoms with E-state index >= 15 is 0 Å². The van der Waals surface area contributed by atoms with Crippen LogP contribution in [-0.2, 0) is 0 Å². The predicted octanol–water partition coefficient (Wildman–Crippen LogP) is 3.64. The molecule has 0 radical (unpaired) electrons. The summed E-state index contributed by atoms with van der Waals surface area (Å²) in [5, 5.41) is 7.72. The zero-order valence-electron chi connectivity index (χ0n) is 11.7. The molecule has 0 bridgehead atoms. The quantitative estimate of drug-likeness (QED) is 0.895. The van der Waals surface area contributed by atoms with Crippen LogP contribution in [0.3, 0.4) is 0 Å². The lowest BCUT2D eigenvalue weighted by Crippen LogP contribution is -2.33. The van der Waals surface area contributed by atoms with Gasteiger partial charge in [-0.2, -0.15) is 4.98 Å². The SMILES string of the molecule is CNc1nc(NCC2(C)CCC2)c2cc(C)sc2n1. The number of fused-ring (bicyclic) bond motifs is 1. The smallest absolute Gasteiger partial charge is 0.225 e. The van der Waals surface area contributed by atoms with Gasteiger partial charge in [0.2, 0.25) is 5.95 Å². The van der Waals surface area contributed by atoms with Crippen LogP contribution in [0.1, 0.15) is 31.1 Å². The molecule has 2 aromatic heterocycles. The fourth-order valence-corrected chi connectivity index (χ4v) is 3.42. The Kier molecular flexibility index (Phi) is 3.09. The Morgan fingerprint density at radius 3 is 2.79 bits per heavy atom.